The van der Waals surface area contributed by atoms with Crippen molar-refractivity contribution in [1.82, 2.24) is 10.3 Å². The highest BCUT2D eigenvalue weighted by atomic mass is 79.9. The molecule has 1 aliphatic rings. The molecule has 2 aromatic heterocycles. The molecule has 0 aliphatic carbocycles. The first kappa shape index (κ1) is 16.8. The van der Waals surface area contributed by atoms with Crippen LogP contribution in [-0.4, -0.2) is 28.6 Å². The SMILES string of the molecule is O=C(CCC(=O)c1cc(Br)cs1)NC1Cc2cnccc2NC1=O. The van der Waals surface area contributed by atoms with Gasteiger partial charge in [0, 0.05) is 47.2 Å². The van der Waals surface area contributed by atoms with E-state index in [2.05, 4.69) is 31.5 Å². The van der Waals surface area contributed by atoms with E-state index in [0.717, 1.165) is 15.7 Å². The van der Waals surface area contributed by atoms with Crippen LogP contribution in [0.4, 0.5) is 5.69 Å². The Kier molecular flexibility index (Phi) is 5.06. The molecular weight excluding hydrogens is 394 g/mol. The first-order valence-corrected chi connectivity index (χ1v) is 9.00. The number of anilines is 1. The topological polar surface area (TPSA) is 88.2 Å². The number of carbonyl (C=O) groups excluding carboxylic acids is 3. The molecule has 0 spiro atoms. The van der Waals surface area contributed by atoms with Gasteiger partial charge in [-0.05, 0) is 33.6 Å². The number of thiophene rings is 1. The summed E-state index contributed by atoms with van der Waals surface area (Å²) in [7, 11) is 0. The number of nitrogens with zero attached hydrogens (tertiary/aromatic N) is 1. The van der Waals surface area contributed by atoms with Crippen LogP contribution in [0, 0.1) is 0 Å². The van der Waals surface area contributed by atoms with Crippen LogP contribution in [0.15, 0.2) is 34.4 Å². The second-order valence-electron chi connectivity index (χ2n) is 5.40. The van der Waals surface area contributed by atoms with Crippen LogP contribution in [0.25, 0.3) is 0 Å². The maximum Gasteiger partial charge on any atom is 0.247 e. The quantitative estimate of drug-likeness (QED) is 0.745. The van der Waals surface area contributed by atoms with Crippen molar-refractivity contribution in [1.29, 1.82) is 0 Å². The Morgan fingerprint density at radius 3 is 3.00 bits per heavy atom. The van der Waals surface area contributed by atoms with E-state index in [-0.39, 0.29) is 30.4 Å². The van der Waals surface area contributed by atoms with E-state index in [4.69, 9.17) is 0 Å². The number of Topliss-reactive ketones (excluding diaryl/α,β-unsaturated/α-hetero) is 1. The molecule has 124 valence electrons. The van der Waals surface area contributed by atoms with Crippen LogP contribution in [0.2, 0.25) is 0 Å². The molecule has 8 heteroatoms. The summed E-state index contributed by atoms with van der Waals surface area (Å²) in [6.07, 6.45) is 3.84. The Morgan fingerprint density at radius 1 is 1.42 bits per heavy atom. The number of halogens is 1. The van der Waals surface area contributed by atoms with E-state index in [0.29, 0.717) is 11.3 Å². The minimum atomic E-state index is -0.639. The maximum atomic E-state index is 12.0. The summed E-state index contributed by atoms with van der Waals surface area (Å²) in [4.78, 5) is 40.7. The Labute approximate surface area is 150 Å². The molecule has 0 saturated carbocycles. The van der Waals surface area contributed by atoms with Gasteiger partial charge in [0.1, 0.15) is 6.04 Å². The van der Waals surface area contributed by atoms with Gasteiger partial charge in [0.15, 0.2) is 5.78 Å². The van der Waals surface area contributed by atoms with Crippen LogP contribution in [-0.2, 0) is 16.0 Å². The lowest BCUT2D eigenvalue weighted by atomic mass is 10.0. The van der Waals surface area contributed by atoms with Crippen LogP contribution >= 0.6 is 27.3 Å². The van der Waals surface area contributed by atoms with Crippen molar-refractivity contribution in [2.45, 2.75) is 25.3 Å². The van der Waals surface area contributed by atoms with Crippen molar-refractivity contribution in [3.8, 4) is 0 Å². The number of pyridine rings is 1. The number of fused-ring (bicyclic) bond motifs is 1. The highest BCUT2D eigenvalue weighted by molar-refractivity contribution is 9.10. The van der Waals surface area contributed by atoms with Gasteiger partial charge in [-0.2, -0.15) is 0 Å². The summed E-state index contributed by atoms with van der Waals surface area (Å²) in [5.41, 5.74) is 1.60. The maximum absolute atomic E-state index is 12.0. The predicted molar refractivity (Wildman–Crippen MR) is 94.1 cm³/mol. The first-order valence-electron chi connectivity index (χ1n) is 7.33. The normalized spacial score (nSPS) is 16.2. The van der Waals surface area contributed by atoms with Gasteiger partial charge in [0.2, 0.25) is 11.8 Å². The molecule has 0 aromatic carbocycles. The van der Waals surface area contributed by atoms with Crippen molar-refractivity contribution in [3.05, 3.63) is 44.8 Å². The largest absolute Gasteiger partial charge is 0.344 e. The molecule has 24 heavy (non-hydrogen) atoms. The summed E-state index contributed by atoms with van der Waals surface area (Å²) >= 11 is 4.63. The molecule has 2 amide bonds. The van der Waals surface area contributed by atoms with Gasteiger partial charge in [-0.15, -0.1) is 11.3 Å². The Morgan fingerprint density at radius 2 is 2.25 bits per heavy atom. The van der Waals surface area contributed by atoms with E-state index < -0.39 is 6.04 Å². The summed E-state index contributed by atoms with van der Waals surface area (Å²) in [6.45, 7) is 0. The third-order valence-corrected chi connectivity index (χ3v) is 5.39. The van der Waals surface area contributed by atoms with Crippen molar-refractivity contribution >= 4 is 50.6 Å². The molecule has 6 nitrogen and oxygen atoms in total. The first-order chi connectivity index (χ1) is 11.5. The summed E-state index contributed by atoms with van der Waals surface area (Å²) in [5.74, 6) is -0.648. The molecule has 3 rings (SSSR count). The highest BCUT2D eigenvalue weighted by Gasteiger charge is 2.27. The number of nitrogens with one attached hydrogen (secondary N) is 2. The van der Waals surface area contributed by atoms with Gasteiger partial charge in [-0.25, -0.2) is 0 Å². The fourth-order valence-electron chi connectivity index (χ4n) is 2.44. The molecular formula is C16H14BrN3O3S. The van der Waals surface area contributed by atoms with E-state index in [1.165, 1.54) is 11.3 Å². The molecule has 0 bridgehead atoms. The lowest BCUT2D eigenvalue weighted by molar-refractivity contribution is -0.126. The molecule has 0 saturated heterocycles. The van der Waals surface area contributed by atoms with Gasteiger partial charge < -0.3 is 10.6 Å². The van der Waals surface area contributed by atoms with E-state index >= 15 is 0 Å². The molecule has 0 radical (unpaired) electrons. The second kappa shape index (κ2) is 7.23. The molecule has 1 aliphatic heterocycles. The van der Waals surface area contributed by atoms with Gasteiger partial charge in [0.25, 0.3) is 0 Å². The van der Waals surface area contributed by atoms with E-state index in [1.54, 1.807) is 24.5 Å². The number of ketones is 1. The number of carbonyl (C=O) groups is 3. The number of hydrogen-bond acceptors (Lipinski definition) is 5. The van der Waals surface area contributed by atoms with Crippen molar-refractivity contribution in [3.63, 3.8) is 0 Å². The molecule has 2 aromatic rings. The number of rotatable bonds is 5. The average molecular weight is 408 g/mol. The Balaban J connectivity index is 1.54. The Hall–Kier alpha value is -2.06. The zero-order valence-corrected chi connectivity index (χ0v) is 14.9. The van der Waals surface area contributed by atoms with Gasteiger partial charge in [-0.1, -0.05) is 0 Å². The fourth-order valence-corrected chi connectivity index (χ4v) is 3.83. The minimum Gasteiger partial charge on any atom is -0.344 e. The van der Waals surface area contributed by atoms with Gasteiger partial charge in [-0.3, -0.25) is 19.4 Å². The lowest BCUT2D eigenvalue weighted by Gasteiger charge is -2.24. The Bertz CT molecular complexity index is 805. The van der Waals surface area contributed by atoms with Crippen molar-refractivity contribution < 1.29 is 14.4 Å². The van der Waals surface area contributed by atoms with Crippen LogP contribution in [0.5, 0.6) is 0 Å². The van der Waals surface area contributed by atoms with E-state index in [1.807, 2.05) is 5.38 Å². The number of hydrogen-bond donors (Lipinski definition) is 2. The fraction of sp³-hybridized carbons (Fsp3) is 0.250. The summed E-state index contributed by atoms with van der Waals surface area (Å²) in [5, 5.41) is 7.25. The van der Waals surface area contributed by atoms with Gasteiger partial charge in [0.05, 0.1) is 4.88 Å². The third kappa shape index (κ3) is 3.88. The van der Waals surface area contributed by atoms with Gasteiger partial charge >= 0.3 is 0 Å². The smallest absolute Gasteiger partial charge is 0.247 e. The number of aromatic nitrogens is 1. The molecule has 0 fully saturated rings. The van der Waals surface area contributed by atoms with Crippen molar-refractivity contribution in [2.24, 2.45) is 0 Å². The standard InChI is InChI=1S/C16H14BrN3O3S/c17-10-6-14(24-8-10)13(21)1-2-15(22)19-12-5-9-7-18-4-3-11(9)20-16(12)23/h3-4,6-8,12H,1-2,5H2,(H,19,22)(H,20,23). The molecule has 3 heterocycles. The average Bonchev–Trinajstić information content (AvgIpc) is 3.00. The number of amides is 2. The molecule has 1 atom stereocenters. The highest BCUT2D eigenvalue weighted by Crippen LogP contribution is 2.22. The summed E-state index contributed by atoms with van der Waals surface area (Å²) in [6, 6.07) is 2.83. The third-order valence-electron chi connectivity index (χ3n) is 3.66. The zero-order chi connectivity index (χ0) is 17.1. The zero-order valence-electron chi connectivity index (χ0n) is 12.5. The van der Waals surface area contributed by atoms with Crippen molar-refractivity contribution in [2.75, 3.05) is 5.32 Å². The monoisotopic (exact) mass is 407 g/mol. The van der Waals surface area contributed by atoms with Crippen LogP contribution in [0.1, 0.15) is 28.1 Å². The minimum absolute atomic E-state index is 0.0536. The molecule has 2 N–H and O–H groups in total. The lowest BCUT2D eigenvalue weighted by Crippen LogP contribution is -2.47. The summed E-state index contributed by atoms with van der Waals surface area (Å²) < 4.78 is 0.853. The van der Waals surface area contributed by atoms with Crippen LogP contribution < -0.4 is 10.6 Å². The second-order valence-corrected chi connectivity index (χ2v) is 7.23. The predicted octanol–water partition coefficient (Wildman–Crippen LogP) is 2.55. The molecule has 1 unspecified atom stereocenters. The van der Waals surface area contributed by atoms with E-state index in [9.17, 15) is 14.4 Å². The van der Waals surface area contributed by atoms with Crippen LogP contribution in [0.3, 0.4) is 0 Å².